The fourth-order valence-electron chi connectivity index (χ4n) is 6.24. The van der Waals surface area contributed by atoms with E-state index in [1.54, 1.807) is 28.9 Å². The molecule has 2 N–H and O–H groups in total. The minimum atomic E-state index is -3.08. The molecule has 4 aliphatic rings. The smallest absolute Gasteiger partial charge is 0.387 e. The number of imidazole rings is 1. The van der Waals surface area contributed by atoms with E-state index in [2.05, 4.69) is 38.0 Å². The van der Waals surface area contributed by atoms with Crippen molar-refractivity contribution in [2.45, 2.75) is 45.1 Å². The molecule has 56 heavy (non-hydrogen) atoms. The van der Waals surface area contributed by atoms with Crippen molar-refractivity contribution in [3.8, 4) is 46.7 Å². The molecule has 13 nitrogen and oxygen atoms in total. The number of carbonyl (C=O) groups excluding carboxylic acids is 1. The van der Waals surface area contributed by atoms with Crippen LogP contribution in [0.25, 0.3) is 16.9 Å². The van der Waals surface area contributed by atoms with Gasteiger partial charge in [0.15, 0.2) is 5.78 Å². The van der Waals surface area contributed by atoms with E-state index in [4.69, 9.17) is 40.2 Å². The topological polar surface area (TPSA) is 180 Å². The van der Waals surface area contributed by atoms with E-state index in [9.17, 15) is 13.6 Å². The Kier molecular flexibility index (Phi) is 19.7. The number of hydrogen-bond donors (Lipinski definition) is 2. The third-order valence-electron chi connectivity index (χ3n) is 9.67. The molecule has 3 aromatic rings. The van der Waals surface area contributed by atoms with Crippen molar-refractivity contribution in [3.05, 3.63) is 42.2 Å². The number of benzene rings is 1. The van der Waals surface area contributed by atoms with Gasteiger partial charge in [0.1, 0.15) is 28.5 Å². The first kappa shape index (κ1) is 46.3. The van der Waals surface area contributed by atoms with Gasteiger partial charge in [-0.15, -0.1) is 12.4 Å². The summed E-state index contributed by atoms with van der Waals surface area (Å²) in [7, 11) is 1.40. The van der Waals surface area contributed by atoms with Gasteiger partial charge in [0.05, 0.1) is 62.2 Å². The molecule has 1 aromatic carbocycles. The first-order valence-corrected chi connectivity index (χ1v) is 19.4. The van der Waals surface area contributed by atoms with Crippen LogP contribution in [0.3, 0.4) is 0 Å². The number of ketones is 1. The van der Waals surface area contributed by atoms with Crippen LogP contribution in [-0.4, -0.2) is 113 Å². The van der Waals surface area contributed by atoms with Gasteiger partial charge in [0.2, 0.25) is 0 Å². The first-order chi connectivity index (χ1) is 26.7. The summed E-state index contributed by atoms with van der Waals surface area (Å²) in [6.07, 6.45) is 9.48. The minimum absolute atomic E-state index is 0. The summed E-state index contributed by atoms with van der Waals surface area (Å²) in [4.78, 5) is 21.4. The molecular weight excluding hydrogens is 816 g/mol. The molecule has 0 atom stereocenters. The van der Waals surface area contributed by atoms with Gasteiger partial charge in [-0.1, -0.05) is 22.4 Å². The third-order valence-corrected chi connectivity index (χ3v) is 9.92. The van der Waals surface area contributed by atoms with Crippen LogP contribution in [0, 0.1) is 57.7 Å². The van der Waals surface area contributed by atoms with Crippen LogP contribution in [0.1, 0.15) is 48.9 Å². The van der Waals surface area contributed by atoms with Crippen molar-refractivity contribution in [2.75, 3.05) is 71.5 Å². The fourth-order valence-corrected chi connectivity index (χ4v) is 6.24. The van der Waals surface area contributed by atoms with Gasteiger partial charge < -0.3 is 24.4 Å². The standard InChI is InChI=1S/C26H26F2N4O4.C6H10N2O.C5H10O.C2H2BrN.ClH/c1-34-22-9-18(10-23(36-26(27)28)25(22)21(33)8-16-2-3-16)20-12-30-24-11-19(4-6-32(20)24)35-15-17-13-31(14-17)7-5-29;7-1-2-8-3-6(4-8)5-9;6-4-5-2-1-3-5;3-1-2-4;/h4,6,9-12,16-17,26H,2-3,7-8,13-15H2,1H3;6,9H,2-5H2;5-6H,1-4H2;1H2;1H. The Bertz CT molecular complexity index is 1810. The lowest BCUT2D eigenvalue weighted by molar-refractivity contribution is -0.0502. The molecule has 17 heteroatoms. The fraction of sp³-hybridized carbons (Fsp3) is 0.564. The highest BCUT2D eigenvalue weighted by molar-refractivity contribution is 9.09. The number of nitriles is 3. The second-order valence-electron chi connectivity index (χ2n) is 13.9. The van der Waals surface area contributed by atoms with Gasteiger partial charge in [-0.05, 0) is 55.7 Å². The molecule has 2 saturated heterocycles. The number of likely N-dealkylation sites (tertiary alicyclic amines) is 2. The maximum absolute atomic E-state index is 13.2. The van der Waals surface area contributed by atoms with Crippen LogP contribution in [0.5, 0.6) is 17.2 Å². The number of halogens is 4. The molecule has 0 unspecified atom stereocenters. The largest absolute Gasteiger partial charge is 0.496 e. The molecule has 7 rings (SSSR count). The van der Waals surface area contributed by atoms with Crippen LogP contribution in [0.15, 0.2) is 36.7 Å². The lowest BCUT2D eigenvalue weighted by Crippen LogP contribution is -2.49. The zero-order valence-electron chi connectivity index (χ0n) is 31.4. The van der Waals surface area contributed by atoms with Crippen molar-refractivity contribution in [1.29, 1.82) is 15.8 Å². The second-order valence-corrected chi connectivity index (χ2v) is 14.5. The quantitative estimate of drug-likeness (QED) is 0.110. The summed E-state index contributed by atoms with van der Waals surface area (Å²) < 4.78 is 44.4. The van der Waals surface area contributed by atoms with E-state index in [0.717, 1.165) is 39.0 Å². The summed E-state index contributed by atoms with van der Waals surface area (Å²) in [5, 5.41) is 41.9. The summed E-state index contributed by atoms with van der Waals surface area (Å²) >= 11 is 2.89. The number of nitrogens with zero attached hydrogens (tertiary/aromatic N) is 7. The maximum Gasteiger partial charge on any atom is 0.387 e. The lowest BCUT2D eigenvalue weighted by atomic mass is 9.86. The molecule has 2 saturated carbocycles. The number of hydrogen-bond acceptors (Lipinski definition) is 12. The van der Waals surface area contributed by atoms with Crippen LogP contribution in [0.4, 0.5) is 8.78 Å². The maximum atomic E-state index is 13.2. The molecule has 0 spiro atoms. The van der Waals surface area contributed by atoms with Gasteiger partial charge in [-0.3, -0.25) is 19.0 Å². The predicted molar refractivity (Wildman–Crippen MR) is 210 cm³/mol. The van der Waals surface area contributed by atoms with Crippen LogP contribution < -0.4 is 14.2 Å². The van der Waals surface area contributed by atoms with Crippen molar-refractivity contribution in [1.82, 2.24) is 19.2 Å². The molecule has 0 bridgehead atoms. The monoisotopic (exact) mass is 863 g/mol. The average Bonchev–Trinajstić information content (AvgIpc) is 3.84. The van der Waals surface area contributed by atoms with E-state index in [-0.39, 0.29) is 54.2 Å². The van der Waals surface area contributed by atoms with E-state index in [0.29, 0.717) is 72.0 Å². The normalized spacial score (nSPS) is 16.6. The highest BCUT2D eigenvalue weighted by atomic mass is 79.9. The summed E-state index contributed by atoms with van der Waals surface area (Å²) in [6.45, 7) is 2.56. The van der Waals surface area contributed by atoms with Gasteiger partial charge >= 0.3 is 6.61 Å². The highest BCUT2D eigenvalue weighted by Gasteiger charge is 2.30. The SMILES string of the molecule is COc1cc(-c2cnc3cc(OCC4CN(CC#N)C4)ccn23)cc(OC(F)F)c1C(=O)CC1CC1.Cl.N#CCBr.N#CCN1CC(CO)C1.OCC1CCC1. The summed E-state index contributed by atoms with van der Waals surface area (Å²) in [5.74, 6) is 2.16. The molecule has 4 fully saturated rings. The van der Waals surface area contributed by atoms with Crippen LogP contribution in [-0.2, 0) is 0 Å². The van der Waals surface area contributed by atoms with Crippen LogP contribution in [0.2, 0.25) is 0 Å². The molecule has 2 aromatic heterocycles. The van der Waals surface area contributed by atoms with Crippen LogP contribution >= 0.6 is 28.3 Å². The highest BCUT2D eigenvalue weighted by Crippen LogP contribution is 2.40. The Morgan fingerprint density at radius 3 is 2.02 bits per heavy atom. The Morgan fingerprint density at radius 1 is 0.929 bits per heavy atom. The van der Waals surface area contributed by atoms with Gasteiger partial charge in [0, 0.05) is 75.5 Å². The number of aromatic nitrogens is 2. The Labute approximate surface area is 340 Å². The minimum Gasteiger partial charge on any atom is -0.496 e. The zero-order valence-corrected chi connectivity index (χ0v) is 33.8. The number of carbonyl (C=O) groups is 1. The number of alkyl halides is 3. The average molecular weight is 865 g/mol. The van der Waals surface area contributed by atoms with Crippen molar-refractivity contribution in [2.24, 2.45) is 23.7 Å². The summed E-state index contributed by atoms with van der Waals surface area (Å²) in [6, 6.07) is 12.7. The first-order valence-electron chi connectivity index (χ1n) is 18.3. The summed E-state index contributed by atoms with van der Waals surface area (Å²) in [5.41, 5.74) is 1.81. The van der Waals surface area contributed by atoms with Crippen molar-refractivity contribution >= 4 is 39.8 Å². The second kappa shape index (κ2) is 23.9. The number of aliphatic hydroxyl groups excluding tert-OH is 2. The Balaban J connectivity index is 0.000000344. The number of aliphatic hydroxyl groups is 2. The number of ether oxygens (including phenoxy) is 3. The molecule has 0 radical (unpaired) electrons. The molecule has 304 valence electrons. The van der Waals surface area contributed by atoms with Gasteiger partial charge in [0.25, 0.3) is 0 Å². The van der Waals surface area contributed by atoms with Gasteiger partial charge in [-0.25, -0.2) is 4.98 Å². The van der Waals surface area contributed by atoms with E-state index >= 15 is 0 Å². The predicted octanol–water partition coefficient (Wildman–Crippen LogP) is 5.97. The number of rotatable bonds is 14. The number of pyridine rings is 1. The molecule has 2 aliphatic carbocycles. The van der Waals surface area contributed by atoms with Crippen molar-refractivity contribution in [3.63, 3.8) is 0 Å². The Morgan fingerprint density at radius 2 is 1.54 bits per heavy atom. The van der Waals surface area contributed by atoms with E-state index in [1.807, 2.05) is 17.0 Å². The van der Waals surface area contributed by atoms with Gasteiger partial charge in [-0.2, -0.15) is 24.6 Å². The zero-order chi connectivity index (χ0) is 39.7. The molecule has 4 heterocycles. The number of methoxy groups -OCH3 is 1. The molecular formula is C39H49BrClF2N7O6. The van der Waals surface area contributed by atoms with Crippen molar-refractivity contribution < 1.29 is 38.0 Å². The lowest BCUT2D eigenvalue weighted by Gasteiger charge is -2.37. The number of fused-ring (bicyclic) bond motifs is 1. The molecule has 2 aliphatic heterocycles. The van der Waals surface area contributed by atoms with E-state index < -0.39 is 6.61 Å². The number of Topliss-reactive ketones (excluding diaryl/α,β-unsaturated/α-hetero) is 1. The Hall–Kier alpha value is -4.08. The molecule has 0 amide bonds. The van der Waals surface area contributed by atoms with E-state index in [1.165, 1.54) is 32.4 Å². The third kappa shape index (κ3) is 13.8.